The van der Waals surface area contributed by atoms with Crippen molar-refractivity contribution >= 4 is 27.5 Å². The van der Waals surface area contributed by atoms with Crippen molar-refractivity contribution in [2.24, 2.45) is 0 Å². The number of anilines is 1. The molecule has 20 heavy (non-hydrogen) atoms. The highest BCUT2D eigenvalue weighted by Gasteiger charge is 2.20. The number of carbonyl (C=O) groups is 1. The molecule has 1 N–H and O–H groups in total. The van der Waals surface area contributed by atoms with Crippen LogP contribution in [0.25, 0.3) is 0 Å². The number of hydrogen-bond donors (Lipinski definition) is 1. The number of carbonyl (C=O) groups excluding carboxylic acids is 1. The summed E-state index contributed by atoms with van der Waals surface area (Å²) in [6.07, 6.45) is 0.491. The second kappa shape index (κ2) is 6.30. The minimum absolute atomic E-state index is 0.0489. The van der Waals surface area contributed by atoms with Crippen LogP contribution in [-0.4, -0.2) is 11.2 Å². The smallest absolute Gasteiger partial charge is 0.225 e. The van der Waals surface area contributed by atoms with Gasteiger partial charge < -0.3 is 5.32 Å². The topological polar surface area (TPSA) is 29.1 Å². The number of benzene rings is 1. The number of amides is 1. The Labute approximate surface area is 131 Å². The zero-order valence-corrected chi connectivity index (χ0v) is 15.0. The van der Waals surface area contributed by atoms with E-state index in [1.54, 1.807) is 0 Å². The molecule has 0 spiro atoms. The first-order valence-electron chi connectivity index (χ1n) is 7.06. The minimum Gasteiger partial charge on any atom is -0.326 e. The fraction of sp³-hybridized carbons (Fsp3) is 0.588. The van der Waals surface area contributed by atoms with E-state index in [-0.39, 0.29) is 16.7 Å². The van der Waals surface area contributed by atoms with Crippen LogP contribution in [0.4, 0.5) is 5.69 Å². The maximum atomic E-state index is 11.8. The molecule has 1 amide bonds. The van der Waals surface area contributed by atoms with Gasteiger partial charge in [-0.15, -0.1) is 0 Å². The Balaban J connectivity index is 3.21. The number of rotatable bonds is 3. The molecule has 3 heteroatoms. The molecule has 0 radical (unpaired) electrons. The van der Waals surface area contributed by atoms with E-state index in [0.29, 0.717) is 11.8 Å². The first-order chi connectivity index (χ1) is 9.04. The largest absolute Gasteiger partial charge is 0.326 e. The molecule has 1 aromatic carbocycles. The summed E-state index contributed by atoms with van der Waals surface area (Å²) in [6, 6.07) is 6.42. The molecular weight excluding hydrogens is 314 g/mol. The molecule has 1 aromatic rings. The first kappa shape index (κ1) is 17.2. The fourth-order valence-corrected chi connectivity index (χ4v) is 2.24. The predicted molar refractivity (Wildman–Crippen MR) is 90.9 cm³/mol. The third-order valence-electron chi connectivity index (χ3n) is 3.27. The van der Waals surface area contributed by atoms with Crippen LogP contribution in [0.1, 0.15) is 59.1 Å². The molecule has 0 atom stereocenters. The van der Waals surface area contributed by atoms with Gasteiger partial charge in [0.15, 0.2) is 0 Å². The van der Waals surface area contributed by atoms with E-state index in [1.165, 1.54) is 11.1 Å². The molecule has 0 unspecified atom stereocenters. The van der Waals surface area contributed by atoms with Gasteiger partial charge in [0.2, 0.25) is 5.91 Å². The normalized spacial score (nSPS) is 12.3. The van der Waals surface area contributed by atoms with Crippen LogP contribution < -0.4 is 5.32 Å². The quantitative estimate of drug-likeness (QED) is 0.771. The van der Waals surface area contributed by atoms with Gasteiger partial charge in [-0.25, -0.2) is 0 Å². The van der Waals surface area contributed by atoms with Crippen LogP contribution >= 0.6 is 15.9 Å². The summed E-state index contributed by atoms with van der Waals surface area (Å²) < 4.78 is 0. The van der Waals surface area contributed by atoms with Gasteiger partial charge in [0.1, 0.15) is 0 Å². The number of halogens is 1. The lowest BCUT2D eigenvalue weighted by atomic mass is 9.80. The Morgan fingerprint density at radius 3 is 1.80 bits per heavy atom. The summed E-state index contributed by atoms with van der Waals surface area (Å²) in [5, 5.41) is 3.68. The monoisotopic (exact) mass is 339 g/mol. The van der Waals surface area contributed by atoms with Gasteiger partial charge in [-0.3, -0.25) is 4.79 Å². The van der Waals surface area contributed by atoms with E-state index in [2.05, 4.69) is 81.0 Å². The molecule has 0 heterocycles. The molecule has 1 rings (SSSR count). The zero-order valence-electron chi connectivity index (χ0n) is 13.4. The molecular formula is C17H26BrNO. The van der Waals surface area contributed by atoms with E-state index < -0.39 is 0 Å². The lowest BCUT2D eigenvalue weighted by Gasteiger charge is -2.26. The first-order valence-corrected chi connectivity index (χ1v) is 8.18. The minimum atomic E-state index is 0.0489. The maximum absolute atomic E-state index is 11.8. The van der Waals surface area contributed by atoms with Crippen LogP contribution in [0, 0.1) is 0 Å². The van der Waals surface area contributed by atoms with Crippen LogP contribution in [0.15, 0.2) is 18.2 Å². The predicted octanol–water partition coefficient (Wildman–Crippen LogP) is 5.01. The Morgan fingerprint density at radius 2 is 1.45 bits per heavy atom. The number of nitrogens with one attached hydrogen (secondary N) is 1. The van der Waals surface area contributed by atoms with Crippen molar-refractivity contribution in [2.75, 3.05) is 10.6 Å². The molecule has 2 nitrogen and oxygen atoms in total. The summed E-state index contributed by atoms with van der Waals surface area (Å²) in [6.45, 7) is 13.2. The molecule has 0 aliphatic rings. The standard InChI is InChI=1S/C17H26BrNO/c1-16(2,3)12-9-13(17(4,5)6)11-14(10-12)19-15(20)7-8-18/h9-11H,7-8H2,1-6H3,(H,19,20). The lowest BCUT2D eigenvalue weighted by molar-refractivity contribution is -0.115. The Kier molecular flexibility index (Phi) is 5.42. The second-order valence-corrected chi connectivity index (χ2v) is 8.08. The van der Waals surface area contributed by atoms with E-state index in [0.717, 1.165) is 5.69 Å². The Hall–Kier alpha value is -0.830. The summed E-state index contributed by atoms with van der Waals surface area (Å²) in [5.41, 5.74) is 3.53. The van der Waals surface area contributed by atoms with Gasteiger partial charge in [0.25, 0.3) is 0 Å². The van der Waals surface area contributed by atoms with E-state index in [9.17, 15) is 4.79 Å². The molecule has 0 fully saturated rings. The van der Waals surface area contributed by atoms with E-state index >= 15 is 0 Å². The SMILES string of the molecule is CC(C)(C)c1cc(NC(=O)CCBr)cc(C(C)(C)C)c1. The van der Waals surface area contributed by atoms with Gasteiger partial charge in [-0.2, -0.15) is 0 Å². The van der Waals surface area contributed by atoms with Gasteiger partial charge in [0.05, 0.1) is 0 Å². The third-order valence-corrected chi connectivity index (χ3v) is 3.67. The van der Waals surface area contributed by atoms with Crippen molar-refractivity contribution in [1.82, 2.24) is 0 Å². The highest BCUT2D eigenvalue weighted by Crippen LogP contribution is 2.32. The summed E-state index contributed by atoms with van der Waals surface area (Å²) in [7, 11) is 0. The van der Waals surface area contributed by atoms with Crippen molar-refractivity contribution in [3.63, 3.8) is 0 Å². The number of alkyl halides is 1. The van der Waals surface area contributed by atoms with E-state index in [4.69, 9.17) is 0 Å². The Morgan fingerprint density at radius 1 is 1.00 bits per heavy atom. The van der Waals surface area contributed by atoms with Gasteiger partial charge >= 0.3 is 0 Å². The van der Waals surface area contributed by atoms with Gasteiger partial charge in [-0.1, -0.05) is 63.5 Å². The summed E-state index contributed by atoms with van der Waals surface area (Å²) in [4.78, 5) is 11.8. The van der Waals surface area contributed by atoms with Crippen molar-refractivity contribution in [2.45, 2.75) is 58.8 Å². The molecule has 0 saturated heterocycles. The fourth-order valence-electron chi connectivity index (χ4n) is 1.88. The molecule has 0 aliphatic carbocycles. The second-order valence-electron chi connectivity index (χ2n) is 7.29. The number of hydrogen-bond acceptors (Lipinski definition) is 1. The third kappa shape index (κ3) is 4.93. The van der Waals surface area contributed by atoms with Crippen molar-refractivity contribution in [3.05, 3.63) is 29.3 Å². The highest BCUT2D eigenvalue weighted by atomic mass is 79.9. The van der Waals surface area contributed by atoms with Crippen molar-refractivity contribution < 1.29 is 4.79 Å². The molecule has 0 aliphatic heterocycles. The molecule has 0 saturated carbocycles. The summed E-state index contributed by atoms with van der Waals surface area (Å²) in [5.74, 6) is 0.0489. The summed E-state index contributed by atoms with van der Waals surface area (Å²) >= 11 is 3.29. The highest BCUT2D eigenvalue weighted by molar-refractivity contribution is 9.09. The molecule has 0 bridgehead atoms. The van der Waals surface area contributed by atoms with Crippen LogP contribution in [-0.2, 0) is 15.6 Å². The van der Waals surface area contributed by atoms with Gasteiger partial charge in [-0.05, 0) is 34.1 Å². The average Bonchev–Trinajstić information content (AvgIpc) is 2.26. The van der Waals surface area contributed by atoms with Crippen LogP contribution in [0.5, 0.6) is 0 Å². The van der Waals surface area contributed by atoms with E-state index in [1.807, 2.05) is 0 Å². The van der Waals surface area contributed by atoms with Crippen LogP contribution in [0.2, 0.25) is 0 Å². The maximum Gasteiger partial charge on any atom is 0.225 e. The lowest BCUT2D eigenvalue weighted by Crippen LogP contribution is -2.18. The van der Waals surface area contributed by atoms with Crippen molar-refractivity contribution in [1.29, 1.82) is 0 Å². The van der Waals surface area contributed by atoms with Crippen LogP contribution in [0.3, 0.4) is 0 Å². The zero-order chi connectivity index (χ0) is 15.6. The average molecular weight is 340 g/mol. The molecule has 0 aromatic heterocycles. The Bertz CT molecular complexity index is 448. The van der Waals surface area contributed by atoms with Gasteiger partial charge in [0, 0.05) is 17.4 Å². The van der Waals surface area contributed by atoms with Crippen molar-refractivity contribution in [3.8, 4) is 0 Å². The molecule has 112 valence electrons.